The number of halogens is 1. The first-order valence-corrected chi connectivity index (χ1v) is 13.2. The third kappa shape index (κ3) is 4.59. The molecule has 3 rings (SSSR count). The van der Waals surface area contributed by atoms with Gasteiger partial charge in [-0.05, 0) is 60.3 Å². The standard InChI is InChI=1S/C23H32ClNOSi/c1-23(2,3)27(4,5)26-17-22(19-11-8-13-20(24)16-19)25-15-9-12-18-10-6-7-14-21(18)25/h6-8,10-11,13-14,16,22H,9,12,15,17H2,1-5H3. The van der Waals surface area contributed by atoms with Crippen molar-refractivity contribution in [3.8, 4) is 0 Å². The number of hydrogen-bond acceptors (Lipinski definition) is 2. The lowest BCUT2D eigenvalue weighted by Gasteiger charge is -2.42. The fourth-order valence-corrected chi connectivity index (χ4v) is 4.68. The molecule has 4 heteroatoms. The average Bonchev–Trinajstić information content (AvgIpc) is 2.61. The van der Waals surface area contributed by atoms with Crippen LogP contribution < -0.4 is 4.90 Å². The smallest absolute Gasteiger partial charge is 0.192 e. The van der Waals surface area contributed by atoms with Crippen LogP contribution in [0.15, 0.2) is 48.5 Å². The molecule has 27 heavy (non-hydrogen) atoms. The Kier molecular flexibility index (Phi) is 6.04. The van der Waals surface area contributed by atoms with Crippen molar-refractivity contribution in [2.24, 2.45) is 0 Å². The molecule has 0 aliphatic carbocycles. The van der Waals surface area contributed by atoms with Crippen LogP contribution in [0.4, 0.5) is 5.69 Å². The van der Waals surface area contributed by atoms with Crippen LogP contribution in [0.5, 0.6) is 0 Å². The highest BCUT2D eigenvalue weighted by Crippen LogP contribution is 2.39. The molecule has 1 aliphatic rings. The summed E-state index contributed by atoms with van der Waals surface area (Å²) in [5, 5.41) is 0.987. The summed E-state index contributed by atoms with van der Waals surface area (Å²) >= 11 is 6.34. The largest absolute Gasteiger partial charge is 0.414 e. The Balaban J connectivity index is 1.94. The molecule has 0 aromatic heterocycles. The van der Waals surface area contributed by atoms with Crippen molar-refractivity contribution in [1.29, 1.82) is 0 Å². The van der Waals surface area contributed by atoms with E-state index in [1.165, 1.54) is 23.2 Å². The summed E-state index contributed by atoms with van der Waals surface area (Å²) < 4.78 is 6.67. The molecule has 1 heterocycles. The van der Waals surface area contributed by atoms with Crippen LogP contribution in [0.2, 0.25) is 23.2 Å². The number of fused-ring (bicyclic) bond motifs is 1. The fraction of sp³-hybridized carbons (Fsp3) is 0.478. The molecule has 0 bridgehead atoms. The Morgan fingerprint density at radius 2 is 1.85 bits per heavy atom. The minimum atomic E-state index is -1.83. The van der Waals surface area contributed by atoms with Crippen LogP contribution in [0.25, 0.3) is 0 Å². The predicted molar refractivity (Wildman–Crippen MR) is 119 cm³/mol. The number of benzene rings is 2. The molecule has 0 saturated carbocycles. The average molecular weight is 402 g/mol. The summed E-state index contributed by atoms with van der Waals surface area (Å²) in [6.45, 7) is 13.3. The number of para-hydroxylation sites is 1. The molecular formula is C23H32ClNOSi. The first kappa shape index (κ1) is 20.4. The van der Waals surface area contributed by atoms with Crippen LogP contribution in [-0.2, 0) is 10.8 Å². The Morgan fingerprint density at radius 1 is 1.11 bits per heavy atom. The minimum absolute atomic E-state index is 0.180. The first-order valence-electron chi connectivity index (χ1n) is 9.93. The van der Waals surface area contributed by atoms with E-state index >= 15 is 0 Å². The number of aryl methyl sites for hydroxylation is 1. The highest BCUT2D eigenvalue weighted by atomic mass is 35.5. The van der Waals surface area contributed by atoms with Gasteiger partial charge in [0, 0.05) is 17.3 Å². The number of rotatable bonds is 5. The van der Waals surface area contributed by atoms with Crippen LogP contribution >= 0.6 is 11.6 Å². The van der Waals surface area contributed by atoms with Crippen molar-refractivity contribution in [2.75, 3.05) is 18.1 Å². The monoisotopic (exact) mass is 401 g/mol. The SMILES string of the molecule is CC(C)(C)[Si](C)(C)OCC(c1cccc(Cl)c1)N1CCCc2ccccc21. The Hall–Kier alpha value is -1.29. The van der Waals surface area contributed by atoms with E-state index in [-0.39, 0.29) is 11.1 Å². The summed E-state index contributed by atoms with van der Waals surface area (Å²) in [7, 11) is -1.83. The maximum Gasteiger partial charge on any atom is 0.192 e. The fourth-order valence-electron chi connectivity index (χ4n) is 3.47. The number of anilines is 1. The molecule has 2 aromatic rings. The predicted octanol–water partition coefficient (Wildman–Crippen LogP) is 6.86. The molecule has 0 spiro atoms. The second-order valence-corrected chi connectivity index (χ2v) is 14.3. The summed E-state index contributed by atoms with van der Waals surface area (Å²) in [4.78, 5) is 2.53. The van der Waals surface area contributed by atoms with Gasteiger partial charge in [-0.15, -0.1) is 0 Å². The molecule has 146 valence electrons. The van der Waals surface area contributed by atoms with Crippen LogP contribution in [-0.4, -0.2) is 21.5 Å². The van der Waals surface area contributed by atoms with Gasteiger partial charge in [0.2, 0.25) is 0 Å². The molecule has 2 aromatic carbocycles. The summed E-state index contributed by atoms with van der Waals surface area (Å²) in [5.41, 5.74) is 4.01. The van der Waals surface area contributed by atoms with Gasteiger partial charge < -0.3 is 9.33 Å². The maximum atomic E-state index is 6.67. The van der Waals surface area contributed by atoms with Crippen LogP contribution in [0.1, 0.15) is 44.4 Å². The minimum Gasteiger partial charge on any atom is -0.414 e. The van der Waals surface area contributed by atoms with E-state index in [4.69, 9.17) is 16.0 Å². The van der Waals surface area contributed by atoms with Gasteiger partial charge in [0.15, 0.2) is 8.32 Å². The van der Waals surface area contributed by atoms with E-state index < -0.39 is 8.32 Å². The number of nitrogens with zero attached hydrogens (tertiary/aromatic N) is 1. The summed E-state index contributed by atoms with van der Waals surface area (Å²) in [6, 6.07) is 17.2. The van der Waals surface area contributed by atoms with Crippen LogP contribution in [0, 0.1) is 0 Å². The number of hydrogen-bond donors (Lipinski definition) is 0. The zero-order chi connectivity index (χ0) is 19.7. The molecule has 0 saturated heterocycles. The lowest BCUT2D eigenvalue weighted by molar-refractivity contribution is 0.257. The van der Waals surface area contributed by atoms with Gasteiger partial charge in [-0.25, -0.2) is 0 Å². The van der Waals surface area contributed by atoms with Crippen LogP contribution in [0.3, 0.4) is 0 Å². The highest BCUT2D eigenvalue weighted by molar-refractivity contribution is 6.74. The van der Waals surface area contributed by atoms with E-state index in [9.17, 15) is 0 Å². The van der Waals surface area contributed by atoms with Crippen molar-refractivity contribution < 1.29 is 4.43 Å². The summed E-state index contributed by atoms with van der Waals surface area (Å²) in [5.74, 6) is 0. The zero-order valence-electron chi connectivity index (χ0n) is 17.3. The zero-order valence-corrected chi connectivity index (χ0v) is 19.0. The van der Waals surface area contributed by atoms with E-state index in [1.54, 1.807) is 0 Å². The maximum absolute atomic E-state index is 6.67. The molecule has 1 atom stereocenters. The normalized spacial score (nSPS) is 16.1. The second kappa shape index (κ2) is 7.98. The Morgan fingerprint density at radius 3 is 2.56 bits per heavy atom. The molecule has 1 unspecified atom stereocenters. The van der Waals surface area contributed by atoms with E-state index in [2.05, 4.69) is 75.2 Å². The molecule has 0 N–H and O–H groups in total. The van der Waals surface area contributed by atoms with Crippen molar-refractivity contribution in [2.45, 2.75) is 57.8 Å². The van der Waals surface area contributed by atoms with E-state index in [0.29, 0.717) is 6.61 Å². The van der Waals surface area contributed by atoms with Gasteiger partial charge in [-0.3, -0.25) is 0 Å². The second-order valence-electron chi connectivity index (χ2n) is 9.07. The van der Waals surface area contributed by atoms with Gasteiger partial charge in [-0.1, -0.05) is 62.7 Å². The van der Waals surface area contributed by atoms with Gasteiger partial charge >= 0.3 is 0 Å². The molecular weight excluding hydrogens is 370 g/mol. The van der Waals surface area contributed by atoms with Crippen molar-refractivity contribution >= 4 is 25.6 Å². The lowest BCUT2D eigenvalue weighted by Crippen LogP contribution is -2.44. The third-order valence-electron chi connectivity index (χ3n) is 6.16. The molecule has 1 aliphatic heterocycles. The van der Waals surface area contributed by atoms with Crippen molar-refractivity contribution in [3.05, 3.63) is 64.7 Å². The lowest BCUT2D eigenvalue weighted by atomic mass is 9.97. The van der Waals surface area contributed by atoms with Crippen molar-refractivity contribution in [1.82, 2.24) is 0 Å². The van der Waals surface area contributed by atoms with Gasteiger partial charge in [0.05, 0.1) is 12.6 Å². The van der Waals surface area contributed by atoms with Gasteiger partial charge in [-0.2, -0.15) is 0 Å². The Bertz CT molecular complexity index is 784. The van der Waals surface area contributed by atoms with Gasteiger partial charge in [0.1, 0.15) is 0 Å². The molecule has 0 fully saturated rings. The third-order valence-corrected chi connectivity index (χ3v) is 10.9. The molecule has 0 radical (unpaired) electrons. The Labute approximate surface area is 170 Å². The van der Waals surface area contributed by atoms with Gasteiger partial charge in [0.25, 0.3) is 0 Å². The molecule has 2 nitrogen and oxygen atoms in total. The molecule has 0 amide bonds. The van der Waals surface area contributed by atoms with E-state index in [1.807, 2.05) is 12.1 Å². The highest BCUT2D eigenvalue weighted by Gasteiger charge is 2.38. The summed E-state index contributed by atoms with van der Waals surface area (Å²) in [6.07, 6.45) is 2.33. The topological polar surface area (TPSA) is 12.5 Å². The quantitative estimate of drug-likeness (QED) is 0.507. The first-order chi connectivity index (χ1) is 12.7. The van der Waals surface area contributed by atoms with Crippen molar-refractivity contribution in [3.63, 3.8) is 0 Å². The van der Waals surface area contributed by atoms with E-state index in [0.717, 1.165) is 18.0 Å².